The van der Waals surface area contributed by atoms with Gasteiger partial charge in [-0.05, 0) is 0 Å². The Morgan fingerprint density at radius 2 is 0.593 bits per heavy atom. The Balaban J connectivity index is 2.02. The molecule has 1 spiro atoms. The van der Waals surface area contributed by atoms with Crippen LogP contribution in [0.5, 0.6) is 0 Å². The zero-order valence-corrected chi connectivity index (χ0v) is 16.7. The second-order valence-corrected chi connectivity index (χ2v) is 19.6. The standard InChI is InChI=1S/C24H16F2Te/c25-27(26,21-13-5-1-9-17(21)18-10-2-6-14-22(18)27)23-15-7-3-11-19(23)20-12-4-8-16-24(20)27/h1-16H. The zero-order chi connectivity index (χ0) is 18.3. The van der Waals surface area contributed by atoms with Crippen LogP contribution in [0, 0.1) is 0 Å². The molecule has 0 radical (unpaired) electrons. The molecule has 27 heavy (non-hydrogen) atoms. The van der Waals surface area contributed by atoms with Crippen molar-refractivity contribution in [2.45, 2.75) is 0 Å². The summed E-state index contributed by atoms with van der Waals surface area (Å²) in [4.78, 5) is 0. The van der Waals surface area contributed by atoms with Crippen LogP contribution in [0.2, 0.25) is 0 Å². The van der Waals surface area contributed by atoms with Gasteiger partial charge in [0.2, 0.25) is 0 Å². The Kier molecular flexibility index (Phi) is 2.50. The van der Waals surface area contributed by atoms with Gasteiger partial charge in [-0.1, -0.05) is 0 Å². The molecule has 0 bridgehead atoms. The summed E-state index contributed by atoms with van der Waals surface area (Å²) in [7, 11) is 0. The number of benzene rings is 4. The monoisotopic (exact) mass is 472 g/mol. The molecule has 0 amide bonds. The van der Waals surface area contributed by atoms with Gasteiger partial charge in [-0.25, -0.2) is 0 Å². The van der Waals surface area contributed by atoms with E-state index in [1.807, 2.05) is 48.5 Å². The third kappa shape index (κ3) is 1.36. The van der Waals surface area contributed by atoms with Crippen LogP contribution in [0.4, 0.5) is 5.78 Å². The summed E-state index contributed by atoms with van der Waals surface area (Å²) in [5.74, 6) is 0. The first-order chi connectivity index (χ1) is 13.0. The van der Waals surface area contributed by atoms with Crippen LogP contribution < -0.4 is 14.4 Å². The molecule has 3 heteroatoms. The molecule has 4 aromatic carbocycles. The number of hydrogen-bond acceptors (Lipinski definition) is 0. The maximum absolute atomic E-state index is 18.4. The molecule has 0 saturated heterocycles. The van der Waals surface area contributed by atoms with Crippen molar-refractivity contribution in [3.63, 3.8) is 0 Å². The van der Waals surface area contributed by atoms with E-state index in [1.54, 1.807) is 48.5 Å². The molecule has 0 nitrogen and oxygen atoms in total. The van der Waals surface area contributed by atoms with E-state index < -0.39 is 16.6 Å². The molecular formula is C24H16F2Te. The van der Waals surface area contributed by atoms with E-state index in [-0.39, 0.29) is 14.4 Å². The first-order valence-corrected chi connectivity index (χ1v) is 15.4. The molecule has 0 N–H and O–H groups in total. The Morgan fingerprint density at radius 3 is 0.852 bits per heavy atom. The summed E-state index contributed by atoms with van der Waals surface area (Å²) in [6.45, 7) is 0. The predicted molar refractivity (Wildman–Crippen MR) is 110 cm³/mol. The van der Waals surface area contributed by atoms with E-state index in [0.717, 1.165) is 0 Å². The van der Waals surface area contributed by atoms with E-state index in [2.05, 4.69) is 0 Å². The molecule has 2 aliphatic rings. The van der Waals surface area contributed by atoms with Crippen LogP contribution in [-0.4, -0.2) is 16.6 Å². The van der Waals surface area contributed by atoms with Gasteiger partial charge in [0.25, 0.3) is 0 Å². The van der Waals surface area contributed by atoms with Gasteiger partial charge in [0.15, 0.2) is 0 Å². The van der Waals surface area contributed by atoms with Crippen LogP contribution in [0.3, 0.4) is 0 Å². The topological polar surface area (TPSA) is 0 Å². The molecule has 2 aliphatic heterocycles. The number of fused-ring (bicyclic) bond motifs is 10. The quantitative estimate of drug-likeness (QED) is 0.343. The number of halogens is 2. The second-order valence-electron chi connectivity index (χ2n) is 7.27. The third-order valence-corrected chi connectivity index (χ3v) is 21.5. The molecule has 2 heterocycles. The molecule has 4 aromatic rings. The summed E-state index contributed by atoms with van der Waals surface area (Å²) >= 11 is -7.29. The fourth-order valence-electron chi connectivity index (χ4n) is 5.07. The van der Waals surface area contributed by atoms with E-state index in [4.69, 9.17) is 0 Å². The Hall–Kier alpha value is -2.47. The zero-order valence-electron chi connectivity index (χ0n) is 14.4. The fourth-order valence-corrected chi connectivity index (χ4v) is 21.2. The van der Waals surface area contributed by atoms with Crippen LogP contribution in [0.15, 0.2) is 97.1 Å². The average molecular weight is 470 g/mol. The minimum atomic E-state index is -7.29. The summed E-state index contributed by atoms with van der Waals surface area (Å²) in [6, 6.07) is 28.5. The third-order valence-electron chi connectivity index (χ3n) is 6.11. The van der Waals surface area contributed by atoms with Crippen molar-refractivity contribution in [3.8, 4) is 22.3 Å². The van der Waals surface area contributed by atoms with Crippen molar-refractivity contribution in [2.75, 3.05) is 0 Å². The summed E-state index contributed by atoms with van der Waals surface area (Å²) in [5, 5.41) is 0. The van der Waals surface area contributed by atoms with Gasteiger partial charge >= 0.3 is 156 Å². The van der Waals surface area contributed by atoms with Gasteiger partial charge < -0.3 is 0 Å². The molecular weight excluding hydrogens is 454 g/mol. The molecule has 132 valence electrons. The van der Waals surface area contributed by atoms with Gasteiger partial charge in [0.05, 0.1) is 0 Å². The Labute approximate surface area is 155 Å². The van der Waals surface area contributed by atoms with E-state index in [0.29, 0.717) is 22.3 Å². The Morgan fingerprint density at radius 1 is 0.370 bits per heavy atom. The number of hydrogen-bond donors (Lipinski definition) is 0. The average Bonchev–Trinajstić information content (AvgIpc) is 3.06. The SMILES string of the molecule is F[Te]12(F)(c3ccccc3-c3ccccc31)c1ccccc1-c1ccccc12. The summed E-state index contributed by atoms with van der Waals surface area (Å²) < 4.78 is 37.7. The molecule has 0 saturated carbocycles. The van der Waals surface area contributed by atoms with Gasteiger partial charge in [0, 0.05) is 0 Å². The maximum atomic E-state index is 18.4. The van der Waals surface area contributed by atoms with Crippen molar-refractivity contribution in [3.05, 3.63) is 97.1 Å². The van der Waals surface area contributed by atoms with Crippen LogP contribution in [0.1, 0.15) is 0 Å². The first kappa shape index (κ1) is 15.6. The van der Waals surface area contributed by atoms with Crippen LogP contribution in [0.25, 0.3) is 22.3 Å². The van der Waals surface area contributed by atoms with E-state index >= 15 is 5.78 Å². The van der Waals surface area contributed by atoms with Gasteiger partial charge in [-0.15, -0.1) is 0 Å². The van der Waals surface area contributed by atoms with Crippen molar-refractivity contribution in [2.24, 2.45) is 0 Å². The van der Waals surface area contributed by atoms with Gasteiger partial charge in [0.1, 0.15) is 0 Å². The first-order valence-electron chi connectivity index (χ1n) is 8.93. The van der Waals surface area contributed by atoms with Crippen molar-refractivity contribution >= 4 is 31.0 Å². The molecule has 6 rings (SSSR count). The molecule has 0 aromatic heterocycles. The van der Waals surface area contributed by atoms with Crippen LogP contribution >= 0.6 is 0 Å². The van der Waals surface area contributed by atoms with Crippen molar-refractivity contribution < 1.29 is 5.78 Å². The van der Waals surface area contributed by atoms with Crippen LogP contribution in [-0.2, 0) is 0 Å². The normalized spacial score (nSPS) is 21.0. The molecule has 0 unspecified atom stereocenters. The Bertz CT molecular complexity index is 1100. The van der Waals surface area contributed by atoms with Crippen molar-refractivity contribution in [1.82, 2.24) is 0 Å². The van der Waals surface area contributed by atoms with Crippen molar-refractivity contribution in [1.29, 1.82) is 0 Å². The number of rotatable bonds is 0. The molecule has 0 aliphatic carbocycles. The fraction of sp³-hybridized carbons (Fsp3) is 0. The van der Waals surface area contributed by atoms with Gasteiger partial charge in [-0.2, -0.15) is 0 Å². The minimum absolute atomic E-state index is 0.234. The summed E-state index contributed by atoms with van der Waals surface area (Å²) in [5.41, 5.74) is 2.71. The molecule has 0 atom stereocenters. The van der Waals surface area contributed by atoms with E-state index in [1.165, 1.54) is 0 Å². The van der Waals surface area contributed by atoms with Gasteiger partial charge in [-0.3, -0.25) is 0 Å². The second kappa shape index (κ2) is 4.33. The summed E-state index contributed by atoms with van der Waals surface area (Å²) in [6.07, 6.45) is 0. The molecule has 0 fully saturated rings. The predicted octanol–water partition coefficient (Wildman–Crippen LogP) is 3.87. The van der Waals surface area contributed by atoms with E-state index in [9.17, 15) is 0 Å².